The summed E-state index contributed by atoms with van der Waals surface area (Å²) in [6, 6.07) is 12.2. The molecule has 0 atom stereocenters. The lowest BCUT2D eigenvalue weighted by Gasteiger charge is -2.33. The first-order valence-corrected chi connectivity index (χ1v) is 9.35. The summed E-state index contributed by atoms with van der Waals surface area (Å²) in [6.07, 6.45) is 5.96. The highest BCUT2D eigenvalue weighted by Gasteiger charge is 2.19. The number of anilines is 3. The molecule has 0 saturated carbocycles. The van der Waals surface area contributed by atoms with Gasteiger partial charge in [0.05, 0.1) is 6.20 Å². The number of nitrogens with zero attached hydrogens (tertiary/aromatic N) is 6. The number of aryl methyl sites for hydroxylation is 1. The van der Waals surface area contributed by atoms with Crippen LogP contribution in [-0.2, 0) is 0 Å². The Balaban J connectivity index is 1.30. The van der Waals surface area contributed by atoms with E-state index in [-0.39, 0.29) is 0 Å². The monoisotopic (exact) mass is 377 g/mol. The van der Waals surface area contributed by atoms with Crippen LogP contribution in [0.25, 0.3) is 6.08 Å². The van der Waals surface area contributed by atoms with Crippen LogP contribution in [0.15, 0.2) is 53.2 Å². The lowest BCUT2D eigenvalue weighted by Crippen LogP contribution is -2.47. The molecule has 3 aromatic rings. The number of rotatable bonds is 6. The van der Waals surface area contributed by atoms with Crippen LogP contribution < -0.4 is 10.2 Å². The molecule has 8 heteroatoms. The van der Waals surface area contributed by atoms with E-state index in [0.29, 0.717) is 17.6 Å². The summed E-state index contributed by atoms with van der Waals surface area (Å²) in [7, 11) is 0. The van der Waals surface area contributed by atoms with Gasteiger partial charge in [-0.15, -0.1) is 5.10 Å². The molecule has 1 aromatic carbocycles. The average molecular weight is 377 g/mol. The van der Waals surface area contributed by atoms with E-state index in [4.69, 9.17) is 4.52 Å². The molecule has 0 spiro atoms. The summed E-state index contributed by atoms with van der Waals surface area (Å²) in [5.41, 5.74) is 1.23. The zero-order valence-corrected chi connectivity index (χ0v) is 15.8. The molecule has 0 aliphatic carbocycles. The van der Waals surface area contributed by atoms with E-state index >= 15 is 0 Å². The van der Waals surface area contributed by atoms with Crippen LogP contribution in [0, 0.1) is 6.92 Å². The number of nitrogens with one attached hydrogen (secondary N) is 1. The molecule has 0 radical (unpaired) electrons. The van der Waals surface area contributed by atoms with E-state index in [1.165, 1.54) is 5.56 Å². The second kappa shape index (κ2) is 8.62. The van der Waals surface area contributed by atoms with Crippen molar-refractivity contribution in [2.24, 2.45) is 0 Å². The van der Waals surface area contributed by atoms with Crippen LogP contribution in [-0.4, -0.2) is 58.0 Å². The normalized spacial score (nSPS) is 15.2. The summed E-state index contributed by atoms with van der Waals surface area (Å²) < 4.78 is 5.06. The van der Waals surface area contributed by atoms with E-state index in [1.54, 1.807) is 6.20 Å². The van der Waals surface area contributed by atoms with Crippen molar-refractivity contribution in [2.45, 2.75) is 6.92 Å². The maximum Gasteiger partial charge on any atom is 0.247 e. The fourth-order valence-corrected chi connectivity index (χ4v) is 3.08. The quantitative estimate of drug-likeness (QED) is 0.702. The highest BCUT2D eigenvalue weighted by molar-refractivity contribution is 5.52. The summed E-state index contributed by atoms with van der Waals surface area (Å²) in [5.74, 6) is 2.58. The van der Waals surface area contributed by atoms with Gasteiger partial charge >= 0.3 is 0 Å². The van der Waals surface area contributed by atoms with Crippen LogP contribution in [0.3, 0.4) is 0 Å². The van der Waals surface area contributed by atoms with E-state index in [1.807, 2.05) is 19.1 Å². The van der Waals surface area contributed by atoms with Gasteiger partial charge in [0, 0.05) is 38.8 Å². The first-order valence-electron chi connectivity index (χ1n) is 9.35. The van der Waals surface area contributed by atoms with Crippen molar-refractivity contribution >= 4 is 23.7 Å². The van der Waals surface area contributed by atoms with Gasteiger partial charge < -0.3 is 14.7 Å². The topological polar surface area (TPSA) is 83.2 Å². The Morgan fingerprint density at radius 2 is 1.93 bits per heavy atom. The molecule has 28 heavy (non-hydrogen) atoms. The molecule has 144 valence electrons. The van der Waals surface area contributed by atoms with Gasteiger partial charge in [0.15, 0.2) is 11.6 Å². The summed E-state index contributed by atoms with van der Waals surface area (Å²) in [6.45, 7) is 6.44. The van der Waals surface area contributed by atoms with Crippen molar-refractivity contribution < 1.29 is 4.52 Å². The van der Waals surface area contributed by atoms with Crippen molar-refractivity contribution in [3.8, 4) is 0 Å². The van der Waals surface area contributed by atoms with Gasteiger partial charge in [0.25, 0.3) is 0 Å². The van der Waals surface area contributed by atoms with Gasteiger partial charge in [0.2, 0.25) is 5.95 Å². The van der Waals surface area contributed by atoms with Crippen molar-refractivity contribution in [1.29, 1.82) is 0 Å². The zero-order chi connectivity index (χ0) is 19.2. The molecular formula is C20H23N7O. The maximum atomic E-state index is 5.06. The second-order valence-electron chi connectivity index (χ2n) is 6.69. The number of aromatic nitrogens is 4. The fraction of sp³-hybridized carbons (Fsp3) is 0.300. The largest absolute Gasteiger partial charge is 0.360 e. The smallest absolute Gasteiger partial charge is 0.247 e. The molecule has 1 aliphatic rings. The third-order valence-corrected chi connectivity index (χ3v) is 4.56. The van der Waals surface area contributed by atoms with Crippen molar-refractivity contribution in [3.63, 3.8) is 0 Å². The van der Waals surface area contributed by atoms with E-state index < -0.39 is 0 Å². The SMILES string of the molecule is Cc1cc(Nc2cnnc(N3CCN(C/C=C/c4ccccc4)CC3)n2)no1. The van der Waals surface area contributed by atoms with Gasteiger partial charge in [-0.05, 0) is 12.5 Å². The van der Waals surface area contributed by atoms with E-state index in [9.17, 15) is 0 Å². The van der Waals surface area contributed by atoms with Gasteiger partial charge in [-0.2, -0.15) is 10.1 Å². The molecule has 3 heterocycles. The standard InChI is InChI=1S/C20H23N7O/c1-16-14-18(25-28-16)22-19-15-21-24-20(23-19)27-12-10-26(11-13-27)9-5-8-17-6-3-2-4-7-17/h2-8,14-15H,9-13H2,1H3,(H,22,23,24,25)/b8-5+. The van der Waals surface area contributed by atoms with Gasteiger partial charge in [-0.25, -0.2) is 0 Å². The lowest BCUT2D eigenvalue weighted by atomic mass is 10.2. The molecule has 8 nitrogen and oxygen atoms in total. The Bertz CT molecular complexity index is 917. The molecule has 1 saturated heterocycles. The van der Waals surface area contributed by atoms with Crippen molar-refractivity contribution in [1.82, 2.24) is 25.2 Å². The molecule has 2 aromatic heterocycles. The Labute approximate surface area is 163 Å². The predicted molar refractivity (Wildman–Crippen MR) is 108 cm³/mol. The summed E-state index contributed by atoms with van der Waals surface area (Å²) in [4.78, 5) is 9.13. The average Bonchev–Trinajstić information content (AvgIpc) is 3.14. The van der Waals surface area contributed by atoms with Crippen LogP contribution in [0.2, 0.25) is 0 Å². The Morgan fingerprint density at radius 1 is 1.11 bits per heavy atom. The lowest BCUT2D eigenvalue weighted by molar-refractivity contribution is 0.282. The first kappa shape index (κ1) is 18.1. The van der Waals surface area contributed by atoms with Crippen molar-refractivity contribution in [3.05, 3.63) is 60.0 Å². The Morgan fingerprint density at radius 3 is 2.68 bits per heavy atom. The predicted octanol–water partition coefficient (Wildman–Crippen LogP) is 2.75. The maximum absolute atomic E-state index is 5.06. The van der Waals surface area contributed by atoms with Gasteiger partial charge in [-0.3, -0.25) is 4.90 Å². The second-order valence-corrected chi connectivity index (χ2v) is 6.69. The summed E-state index contributed by atoms with van der Waals surface area (Å²) >= 11 is 0. The van der Waals surface area contributed by atoms with E-state index in [0.717, 1.165) is 38.5 Å². The minimum Gasteiger partial charge on any atom is -0.360 e. The number of hydrogen-bond acceptors (Lipinski definition) is 8. The number of benzene rings is 1. The highest BCUT2D eigenvalue weighted by Crippen LogP contribution is 2.16. The highest BCUT2D eigenvalue weighted by atomic mass is 16.5. The van der Waals surface area contributed by atoms with Crippen LogP contribution in [0.4, 0.5) is 17.6 Å². The Kier molecular flexibility index (Phi) is 5.58. The molecule has 0 amide bonds. The molecule has 1 N–H and O–H groups in total. The van der Waals surface area contributed by atoms with Gasteiger partial charge in [-0.1, -0.05) is 47.6 Å². The first-order chi connectivity index (χ1) is 13.8. The number of piperazine rings is 1. The van der Waals surface area contributed by atoms with Crippen LogP contribution >= 0.6 is 0 Å². The minimum absolute atomic E-state index is 0.603. The third kappa shape index (κ3) is 4.72. The van der Waals surface area contributed by atoms with Gasteiger partial charge in [0.1, 0.15) is 5.76 Å². The van der Waals surface area contributed by atoms with Crippen LogP contribution in [0.5, 0.6) is 0 Å². The number of hydrogen-bond donors (Lipinski definition) is 1. The molecule has 0 unspecified atom stereocenters. The Hall–Kier alpha value is -3.26. The van der Waals surface area contributed by atoms with E-state index in [2.05, 4.69) is 71.9 Å². The van der Waals surface area contributed by atoms with Crippen LogP contribution in [0.1, 0.15) is 11.3 Å². The minimum atomic E-state index is 0.603. The molecule has 1 fully saturated rings. The molecule has 0 bridgehead atoms. The molecular weight excluding hydrogens is 354 g/mol. The fourth-order valence-electron chi connectivity index (χ4n) is 3.08. The molecule has 4 rings (SSSR count). The van der Waals surface area contributed by atoms with Crippen molar-refractivity contribution in [2.75, 3.05) is 42.9 Å². The third-order valence-electron chi connectivity index (χ3n) is 4.56. The molecule has 1 aliphatic heterocycles. The summed E-state index contributed by atoms with van der Waals surface area (Å²) in [5, 5.41) is 15.3. The zero-order valence-electron chi connectivity index (χ0n) is 15.8.